The maximum atomic E-state index is 6.13. The second-order valence-corrected chi connectivity index (χ2v) is 6.95. The number of aromatic nitrogens is 2. The number of anilines is 1. The van der Waals surface area contributed by atoms with Crippen LogP contribution in [-0.2, 0) is 0 Å². The zero-order valence-corrected chi connectivity index (χ0v) is 15.9. The smallest absolute Gasteiger partial charge is 0.224 e. The van der Waals surface area contributed by atoms with Crippen molar-refractivity contribution in [2.75, 3.05) is 32.6 Å². The Kier molecular flexibility index (Phi) is 5.49. The van der Waals surface area contributed by atoms with Crippen LogP contribution in [0.4, 0.5) is 5.82 Å². The molecule has 0 bridgehead atoms. The van der Waals surface area contributed by atoms with Gasteiger partial charge in [-0.05, 0) is 44.4 Å². The maximum absolute atomic E-state index is 6.13. The number of fused-ring (bicyclic) bond motifs is 1. The molecule has 0 atom stereocenters. The molecule has 0 amide bonds. The molecular weight excluding hydrogens is 340 g/mol. The van der Waals surface area contributed by atoms with Crippen LogP contribution in [-0.4, -0.2) is 54.3 Å². The summed E-state index contributed by atoms with van der Waals surface area (Å²) in [6.07, 6.45) is 2.16. The molecule has 1 aromatic carbocycles. The first-order chi connectivity index (χ1) is 12.0. The van der Waals surface area contributed by atoms with Gasteiger partial charge < -0.3 is 19.7 Å². The predicted octanol–water partition coefficient (Wildman–Crippen LogP) is 3.59. The van der Waals surface area contributed by atoms with Gasteiger partial charge in [0.15, 0.2) is 11.5 Å². The first kappa shape index (κ1) is 18.0. The van der Waals surface area contributed by atoms with Crippen LogP contribution in [0.15, 0.2) is 12.1 Å². The average Bonchev–Trinajstić information content (AvgIpc) is 2.61. The normalized spacial score (nSPS) is 16.4. The van der Waals surface area contributed by atoms with E-state index >= 15 is 0 Å². The molecule has 1 aliphatic rings. The van der Waals surface area contributed by atoms with Crippen molar-refractivity contribution in [2.45, 2.75) is 38.8 Å². The van der Waals surface area contributed by atoms with Gasteiger partial charge in [0.25, 0.3) is 0 Å². The fraction of sp³-hybridized carbons (Fsp3) is 0.556. The highest BCUT2D eigenvalue weighted by Gasteiger charge is 2.22. The summed E-state index contributed by atoms with van der Waals surface area (Å²) in [4.78, 5) is 11.2. The minimum atomic E-state index is 0.224. The molecule has 3 rings (SSSR count). The standard InChI is InChI=1S/C18H25ClN4O2/c1-11(2)23-7-5-12(6-8-23)20-17-13-9-15(24-3)16(25-4)10-14(13)21-18(19)22-17/h9-12H,5-8H2,1-4H3,(H,20,21,22). The zero-order chi connectivity index (χ0) is 18.0. The Balaban J connectivity index is 1.88. The molecule has 0 unspecified atom stereocenters. The van der Waals surface area contributed by atoms with E-state index in [0.717, 1.165) is 42.7 Å². The van der Waals surface area contributed by atoms with Gasteiger partial charge in [-0.15, -0.1) is 0 Å². The van der Waals surface area contributed by atoms with Gasteiger partial charge >= 0.3 is 0 Å². The molecule has 6 nitrogen and oxygen atoms in total. The molecule has 2 heterocycles. The highest BCUT2D eigenvalue weighted by atomic mass is 35.5. The SMILES string of the molecule is COc1cc2nc(Cl)nc(NC3CCN(C(C)C)CC3)c2cc1OC. The molecule has 1 saturated heterocycles. The van der Waals surface area contributed by atoms with Gasteiger partial charge in [0.1, 0.15) is 5.82 Å². The zero-order valence-electron chi connectivity index (χ0n) is 15.2. The van der Waals surface area contributed by atoms with Gasteiger partial charge in [0.05, 0.1) is 19.7 Å². The number of halogens is 1. The summed E-state index contributed by atoms with van der Waals surface area (Å²) in [6.45, 7) is 6.66. The lowest BCUT2D eigenvalue weighted by Gasteiger charge is -2.35. The third-order valence-corrected chi connectivity index (χ3v) is 4.94. The molecule has 1 fully saturated rings. The molecule has 0 aliphatic carbocycles. The van der Waals surface area contributed by atoms with Crippen molar-refractivity contribution in [3.63, 3.8) is 0 Å². The Morgan fingerprint density at radius 1 is 1.12 bits per heavy atom. The summed E-state index contributed by atoms with van der Waals surface area (Å²) < 4.78 is 10.8. The number of piperidine rings is 1. The Morgan fingerprint density at radius 2 is 1.76 bits per heavy atom. The van der Waals surface area contributed by atoms with Gasteiger partial charge in [-0.2, -0.15) is 0 Å². The summed E-state index contributed by atoms with van der Waals surface area (Å²) in [6, 6.07) is 4.69. The average molecular weight is 365 g/mol. The quantitative estimate of drug-likeness (QED) is 0.818. The maximum Gasteiger partial charge on any atom is 0.224 e. The molecule has 0 saturated carbocycles. The summed E-state index contributed by atoms with van der Waals surface area (Å²) in [5, 5.41) is 4.66. The van der Waals surface area contributed by atoms with E-state index in [1.54, 1.807) is 14.2 Å². The molecule has 25 heavy (non-hydrogen) atoms. The lowest BCUT2D eigenvalue weighted by Crippen LogP contribution is -2.42. The highest BCUT2D eigenvalue weighted by molar-refractivity contribution is 6.28. The van der Waals surface area contributed by atoms with E-state index in [9.17, 15) is 0 Å². The topological polar surface area (TPSA) is 59.5 Å². The van der Waals surface area contributed by atoms with E-state index in [1.807, 2.05) is 12.1 Å². The van der Waals surface area contributed by atoms with Crippen molar-refractivity contribution in [3.05, 3.63) is 17.4 Å². The Hall–Kier alpha value is -1.79. The third kappa shape index (κ3) is 3.90. The first-order valence-corrected chi connectivity index (χ1v) is 8.99. The molecular formula is C18H25ClN4O2. The highest BCUT2D eigenvalue weighted by Crippen LogP contribution is 2.35. The number of ether oxygens (including phenoxy) is 2. The van der Waals surface area contributed by atoms with Crippen LogP contribution >= 0.6 is 11.6 Å². The van der Waals surface area contributed by atoms with Gasteiger partial charge in [-0.3, -0.25) is 0 Å². The third-order valence-electron chi connectivity index (χ3n) is 4.77. The monoisotopic (exact) mass is 364 g/mol. The number of nitrogens with one attached hydrogen (secondary N) is 1. The summed E-state index contributed by atoms with van der Waals surface area (Å²) in [5.74, 6) is 2.03. The number of methoxy groups -OCH3 is 2. The lowest BCUT2D eigenvalue weighted by atomic mass is 10.0. The van der Waals surface area contributed by atoms with Crippen molar-refractivity contribution in [2.24, 2.45) is 0 Å². The summed E-state index contributed by atoms with van der Waals surface area (Å²) >= 11 is 6.13. The first-order valence-electron chi connectivity index (χ1n) is 8.61. The van der Waals surface area contributed by atoms with E-state index in [1.165, 1.54) is 0 Å². The van der Waals surface area contributed by atoms with Crippen molar-refractivity contribution in [1.82, 2.24) is 14.9 Å². The second-order valence-electron chi connectivity index (χ2n) is 6.61. The van der Waals surface area contributed by atoms with Crippen LogP contribution < -0.4 is 14.8 Å². The Labute approximate surface area is 153 Å². The van der Waals surface area contributed by atoms with Gasteiger partial charge in [0, 0.05) is 36.6 Å². The predicted molar refractivity (Wildman–Crippen MR) is 101 cm³/mol. The van der Waals surface area contributed by atoms with Crippen LogP contribution in [0.3, 0.4) is 0 Å². The number of nitrogens with zero attached hydrogens (tertiary/aromatic N) is 3. The van der Waals surface area contributed by atoms with Crippen LogP contribution in [0, 0.1) is 0 Å². The number of rotatable bonds is 5. The molecule has 7 heteroatoms. The van der Waals surface area contributed by atoms with Gasteiger partial charge in [0.2, 0.25) is 5.28 Å². The molecule has 1 aliphatic heterocycles. The molecule has 0 spiro atoms. The fourth-order valence-corrected chi connectivity index (χ4v) is 3.47. The molecule has 1 aromatic heterocycles. The number of likely N-dealkylation sites (tertiary alicyclic amines) is 1. The minimum Gasteiger partial charge on any atom is -0.493 e. The fourth-order valence-electron chi connectivity index (χ4n) is 3.29. The van der Waals surface area contributed by atoms with Crippen LogP contribution in [0.1, 0.15) is 26.7 Å². The van der Waals surface area contributed by atoms with Crippen LogP contribution in [0.25, 0.3) is 10.9 Å². The lowest BCUT2D eigenvalue weighted by molar-refractivity contribution is 0.177. The largest absolute Gasteiger partial charge is 0.493 e. The molecule has 1 N–H and O–H groups in total. The number of benzene rings is 1. The van der Waals surface area contributed by atoms with E-state index in [0.29, 0.717) is 23.6 Å². The van der Waals surface area contributed by atoms with E-state index in [-0.39, 0.29) is 5.28 Å². The van der Waals surface area contributed by atoms with Crippen molar-refractivity contribution >= 4 is 28.3 Å². The summed E-state index contributed by atoms with van der Waals surface area (Å²) in [7, 11) is 3.23. The number of hydrogen-bond donors (Lipinski definition) is 1. The van der Waals surface area contributed by atoms with Gasteiger partial charge in [-0.1, -0.05) is 0 Å². The Bertz CT molecular complexity index is 745. The van der Waals surface area contributed by atoms with Crippen LogP contribution in [0.2, 0.25) is 5.28 Å². The van der Waals surface area contributed by atoms with E-state index in [2.05, 4.69) is 34.0 Å². The minimum absolute atomic E-state index is 0.224. The summed E-state index contributed by atoms with van der Waals surface area (Å²) in [5.41, 5.74) is 0.736. The number of hydrogen-bond acceptors (Lipinski definition) is 6. The Morgan fingerprint density at radius 3 is 2.36 bits per heavy atom. The van der Waals surface area contributed by atoms with Gasteiger partial charge in [-0.25, -0.2) is 9.97 Å². The van der Waals surface area contributed by atoms with E-state index in [4.69, 9.17) is 21.1 Å². The molecule has 136 valence electrons. The van der Waals surface area contributed by atoms with Crippen LogP contribution in [0.5, 0.6) is 11.5 Å². The van der Waals surface area contributed by atoms with Crippen molar-refractivity contribution in [1.29, 1.82) is 0 Å². The second kappa shape index (κ2) is 7.62. The van der Waals surface area contributed by atoms with Crippen molar-refractivity contribution in [3.8, 4) is 11.5 Å². The van der Waals surface area contributed by atoms with Crippen molar-refractivity contribution < 1.29 is 9.47 Å². The molecule has 0 radical (unpaired) electrons. The van der Waals surface area contributed by atoms with E-state index < -0.39 is 0 Å². The molecule has 2 aromatic rings.